The first-order valence-corrected chi connectivity index (χ1v) is 14.3. The number of carbonyl (C=O) groups excluding carboxylic acids is 1. The standard InChI is InChI=1S/C23H28N2O5S2/c26-23(24-21-16-31(27,28)17-22(21)25-12-5-2-6-13-25)19-9-7-8-18(14-19)15-32(29,30)20-10-3-1-4-11-20/h1,3-4,7-11,14,21-22H,2,5-6,12-13,15-17H2,(H,24,26). The minimum Gasteiger partial charge on any atom is -0.347 e. The molecule has 2 aromatic carbocycles. The first-order valence-electron chi connectivity index (χ1n) is 10.9. The number of hydrogen-bond acceptors (Lipinski definition) is 6. The fourth-order valence-electron chi connectivity index (χ4n) is 4.56. The number of piperidine rings is 1. The molecule has 7 nitrogen and oxygen atoms in total. The highest BCUT2D eigenvalue weighted by Gasteiger charge is 2.42. The number of nitrogens with one attached hydrogen (secondary N) is 1. The topological polar surface area (TPSA) is 101 Å². The van der Waals surface area contributed by atoms with E-state index in [2.05, 4.69) is 10.2 Å². The van der Waals surface area contributed by atoms with Crippen LogP contribution in [0.3, 0.4) is 0 Å². The van der Waals surface area contributed by atoms with E-state index in [0.29, 0.717) is 11.1 Å². The number of nitrogens with zero attached hydrogens (tertiary/aromatic N) is 1. The molecule has 4 rings (SSSR count). The van der Waals surface area contributed by atoms with Crippen molar-refractivity contribution in [1.29, 1.82) is 0 Å². The number of amides is 1. The third-order valence-electron chi connectivity index (χ3n) is 6.15. The van der Waals surface area contributed by atoms with Crippen molar-refractivity contribution in [3.05, 3.63) is 65.7 Å². The van der Waals surface area contributed by atoms with Crippen LogP contribution in [-0.2, 0) is 25.4 Å². The summed E-state index contributed by atoms with van der Waals surface area (Å²) in [6.07, 6.45) is 3.22. The van der Waals surface area contributed by atoms with E-state index in [-0.39, 0.29) is 34.1 Å². The van der Waals surface area contributed by atoms with E-state index in [4.69, 9.17) is 0 Å². The second kappa shape index (κ2) is 9.33. The van der Waals surface area contributed by atoms with Gasteiger partial charge in [-0.2, -0.15) is 0 Å². The van der Waals surface area contributed by atoms with E-state index in [1.807, 2.05) is 0 Å². The molecule has 9 heteroatoms. The van der Waals surface area contributed by atoms with Crippen molar-refractivity contribution in [2.75, 3.05) is 24.6 Å². The maximum atomic E-state index is 13.0. The monoisotopic (exact) mass is 476 g/mol. The maximum Gasteiger partial charge on any atom is 0.251 e. The van der Waals surface area contributed by atoms with Gasteiger partial charge in [-0.25, -0.2) is 16.8 Å². The minimum absolute atomic E-state index is 0.0628. The summed E-state index contributed by atoms with van der Waals surface area (Å²) in [6.45, 7) is 1.69. The molecule has 0 bridgehead atoms. The Kier molecular flexibility index (Phi) is 6.69. The van der Waals surface area contributed by atoms with Gasteiger partial charge in [0.05, 0.1) is 28.2 Å². The van der Waals surface area contributed by atoms with Gasteiger partial charge < -0.3 is 5.32 Å². The van der Waals surface area contributed by atoms with E-state index in [1.165, 1.54) is 0 Å². The largest absolute Gasteiger partial charge is 0.347 e. The lowest BCUT2D eigenvalue weighted by Gasteiger charge is -2.35. The average molecular weight is 477 g/mol. The van der Waals surface area contributed by atoms with Crippen molar-refractivity contribution >= 4 is 25.6 Å². The molecule has 32 heavy (non-hydrogen) atoms. The predicted molar refractivity (Wildman–Crippen MR) is 123 cm³/mol. The fraction of sp³-hybridized carbons (Fsp3) is 0.435. The average Bonchev–Trinajstić information content (AvgIpc) is 3.09. The van der Waals surface area contributed by atoms with Gasteiger partial charge in [0, 0.05) is 11.6 Å². The first-order chi connectivity index (χ1) is 15.2. The highest BCUT2D eigenvalue weighted by molar-refractivity contribution is 7.91. The van der Waals surface area contributed by atoms with E-state index in [9.17, 15) is 21.6 Å². The number of carbonyl (C=O) groups is 1. The Morgan fingerprint density at radius 3 is 2.41 bits per heavy atom. The normalized spacial score (nSPS) is 23.6. The van der Waals surface area contributed by atoms with Crippen molar-refractivity contribution in [2.45, 2.75) is 42.0 Å². The molecule has 2 fully saturated rings. The van der Waals surface area contributed by atoms with Crippen LogP contribution in [0, 0.1) is 0 Å². The summed E-state index contributed by atoms with van der Waals surface area (Å²) < 4.78 is 50.0. The van der Waals surface area contributed by atoms with Crippen molar-refractivity contribution in [3.63, 3.8) is 0 Å². The predicted octanol–water partition coefficient (Wildman–Crippen LogP) is 2.04. The smallest absolute Gasteiger partial charge is 0.251 e. The molecule has 0 spiro atoms. The van der Waals surface area contributed by atoms with Gasteiger partial charge >= 0.3 is 0 Å². The van der Waals surface area contributed by atoms with Crippen LogP contribution in [0.1, 0.15) is 35.2 Å². The Balaban J connectivity index is 1.48. The second-order valence-corrected chi connectivity index (χ2v) is 12.7. The molecule has 2 aliphatic rings. The van der Waals surface area contributed by atoms with Gasteiger partial charge in [-0.1, -0.05) is 36.8 Å². The molecule has 0 radical (unpaired) electrons. The van der Waals surface area contributed by atoms with Gasteiger partial charge in [0.15, 0.2) is 19.7 Å². The summed E-state index contributed by atoms with van der Waals surface area (Å²) in [7, 11) is -6.75. The van der Waals surface area contributed by atoms with Crippen LogP contribution in [0.2, 0.25) is 0 Å². The number of hydrogen-bond donors (Lipinski definition) is 1. The van der Waals surface area contributed by atoms with Crippen LogP contribution >= 0.6 is 0 Å². The van der Waals surface area contributed by atoms with E-state index in [0.717, 1.165) is 32.4 Å². The molecule has 1 N–H and O–H groups in total. The summed E-state index contributed by atoms with van der Waals surface area (Å²) in [5.74, 6) is -0.602. The Bertz CT molecular complexity index is 1170. The molecule has 0 aliphatic carbocycles. The Labute approximate surface area is 189 Å². The molecule has 1 amide bonds. The summed E-state index contributed by atoms with van der Waals surface area (Å²) in [5.41, 5.74) is 0.834. The molecule has 172 valence electrons. The number of benzene rings is 2. The van der Waals surface area contributed by atoms with Gasteiger partial charge in [-0.15, -0.1) is 0 Å². The van der Waals surface area contributed by atoms with Crippen LogP contribution in [0.4, 0.5) is 0 Å². The summed E-state index contributed by atoms with van der Waals surface area (Å²) in [4.78, 5) is 15.4. The van der Waals surface area contributed by atoms with Crippen molar-refractivity contribution in [3.8, 4) is 0 Å². The fourth-order valence-corrected chi connectivity index (χ4v) is 7.87. The SMILES string of the molecule is O=C(NC1CS(=O)(=O)CC1N1CCCCC1)c1cccc(CS(=O)(=O)c2ccccc2)c1. The van der Waals surface area contributed by atoms with Crippen molar-refractivity contribution in [2.24, 2.45) is 0 Å². The van der Waals surface area contributed by atoms with Gasteiger partial charge in [0.1, 0.15) is 0 Å². The van der Waals surface area contributed by atoms with E-state index >= 15 is 0 Å². The quantitative estimate of drug-likeness (QED) is 0.685. The molecule has 2 atom stereocenters. The molecule has 2 unspecified atom stereocenters. The highest BCUT2D eigenvalue weighted by Crippen LogP contribution is 2.23. The summed E-state index contributed by atoms with van der Waals surface area (Å²) in [6, 6.07) is 14.0. The van der Waals surface area contributed by atoms with E-state index < -0.39 is 25.7 Å². The molecule has 2 aromatic rings. The van der Waals surface area contributed by atoms with Crippen LogP contribution in [0.15, 0.2) is 59.5 Å². The first kappa shape index (κ1) is 22.9. The van der Waals surface area contributed by atoms with Crippen LogP contribution < -0.4 is 5.32 Å². The second-order valence-electron chi connectivity index (χ2n) is 8.59. The molecule has 2 heterocycles. The summed E-state index contributed by atoms with van der Waals surface area (Å²) >= 11 is 0. The lowest BCUT2D eigenvalue weighted by atomic mass is 10.0. The molecule has 2 saturated heterocycles. The van der Waals surface area contributed by atoms with E-state index in [1.54, 1.807) is 54.6 Å². The summed E-state index contributed by atoms with van der Waals surface area (Å²) in [5, 5.41) is 2.91. The van der Waals surface area contributed by atoms with Crippen LogP contribution in [-0.4, -0.2) is 64.3 Å². The van der Waals surface area contributed by atoms with Crippen molar-refractivity contribution < 1.29 is 21.6 Å². The van der Waals surface area contributed by atoms with Crippen molar-refractivity contribution in [1.82, 2.24) is 10.2 Å². The van der Waals surface area contributed by atoms with Gasteiger partial charge in [0.2, 0.25) is 0 Å². The zero-order valence-corrected chi connectivity index (χ0v) is 19.4. The molecular weight excluding hydrogens is 448 g/mol. The number of rotatable bonds is 6. The zero-order valence-electron chi connectivity index (χ0n) is 17.8. The number of likely N-dealkylation sites (tertiary alicyclic amines) is 1. The highest BCUT2D eigenvalue weighted by atomic mass is 32.2. The molecule has 0 saturated carbocycles. The lowest BCUT2D eigenvalue weighted by molar-refractivity contribution is 0.0900. The Morgan fingerprint density at radius 1 is 0.969 bits per heavy atom. The number of sulfone groups is 2. The third kappa shape index (κ3) is 5.39. The minimum atomic E-state index is -3.53. The van der Waals surface area contributed by atoms with Gasteiger partial charge in [-0.05, 0) is 55.8 Å². The molecule has 2 aliphatic heterocycles. The zero-order chi connectivity index (χ0) is 22.8. The maximum absolute atomic E-state index is 13.0. The van der Waals surface area contributed by atoms with Crippen LogP contribution in [0.5, 0.6) is 0 Å². The van der Waals surface area contributed by atoms with Crippen LogP contribution in [0.25, 0.3) is 0 Å². The Hall–Kier alpha value is -2.23. The van der Waals surface area contributed by atoms with Gasteiger partial charge in [0.25, 0.3) is 5.91 Å². The van der Waals surface area contributed by atoms with Gasteiger partial charge in [-0.3, -0.25) is 9.69 Å². The Morgan fingerprint density at radius 2 is 1.69 bits per heavy atom. The molecular formula is C23H28N2O5S2. The third-order valence-corrected chi connectivity index (χ3v) is 9.57. The molecule has 0 aromatic heterocycles. The lowest BCUT2D eigenvalue weighted by Crippen LogP contribution is -2.52.